The Labute approximate surface area is 65.7 Å². The van der Waals surface area contributed by atoms with Crippen LogP contribution in [0.3, 0.4) is 0 Å². The number of carboxylic acids is 1. The van der Waals surface area contributed by atoms with Crippen LogP contribution < -0.4 is 0 Å². The second kappa shape index (κ2) is 5.65. The molecule has 0 radical (unpaired) electrons. The molecule has 0 aromatic heterocycles. The number of carbonyl (C=O) groups excluding carboxylic acids is 1. The van der Waals surface area contributed by atoms with Crippen LogP contribution in [-0.4, -0.2) is 16.9 Å². The summed E-state index contributed by atoms with van der Waals surface area (Å²) in [6.07, 6.45) is 4.21. The summed E-state index contributed by atoms with van der Waals surface area (Å²) in [5.74, 6) is -2.03. The van der Waals surface area contributed by atoms with E-state index in [2.05, 4.69) is 6.58 Å². The van der Waals surface area contributed by atoms with Crippen LogP contribution in [-0.2, 0) is 9.59 Å². The van der Waals surface area contributed by atoms with E-state index in [1.54, 1.807) is 6.08 Å². The number of Topliss-reactive ketones (excluding diaryl/α,β-unsaturated/α-hetero) is 1. The first kappa shape index (κ1) is 9.88. The maximum atomic E-state index is 10.5. The van der Waals surface area contributed by atoms with Crippen molar-refractivity contribution in [2.24, 2.45) is 0 Å². The minimum absolute atomic E-state index is 0.142. The van der Waals surface area contributed by atoms with Crippen LogP contribution in [0.1, 0.15) is 25.7 Å². The van der Waals surface area contributed by atoms with Gasteiger partial charge < -0.3 is 5.11 Å². The van der Waals surface area contributed by atoms with Gasteiger partial charge in [-0.15, -0.1) is 6.58 Å². The number of hydrogen-bond acceptors (Lipinski definition) is 2. The summed E-state index contributed by atoms with van der Waals surface area (Å²) in [6.45, 7) is 3.51. The Morgan fingerprint density at radius 3 is 2.45 bits per heavy atom. The number of allylic oxidation sites excluding steroid dienone is 1. The molecule has 0 bridgehead atoms. The molecule has 1 N–H and O–H groups in total. The Balaban J connectivity index is 3.31. The molecule has 0 aliphatic heterocycles. The first-order chi connectivity index (χ1) is 5.18. The summed E-state index contributed by atoms with van der Waals surface area (Å²) in [5, 5.41) is 8.17. The molecule has 0 rings (SSSR count). The molecular weight excluding hydrogens is 144 g/mol. The predicted molar refractivity (Wildman–Crippen MR) is 41.3 cm³/mol. The molecule has 0 aliphatic carbocycles. The maximum Gasteiger partial charge on any atom is 0.372 e. The number of ketones is 1. The fourth-order valence-corrected chi connectivity index (χ4v) is 0.681. The van der Waals surface area contributed by atoms with E-state index < -0.39 is 11.8 Å². The van der Waals surface area contributed by atoms with Gasteiger partial charge in [-0.2, -0.15) is 0 Å². The van der Waals surface area contributed by atoms with Gasteiger partial charge in [-0.25, -0.2) is 4.79 Å². The number of hydrogen-bond donors (Lipinski definition) is 1. The van der Waals surface area contributed by atoms with Gasteiger partial charge in [0.1, 0.15) is 0 Å². The molecule has 0 unspecified atom stereocenters. The highest BCUT2D eigenvalue weighted by atomic mass is 16.4. The molecule has 0 aliphatic rings. The van der Waals surface area contributed by atoms with E-state index in [1.165, 1.54) is 0 Å². The van der Waals surface area contributed by atoms with Crippen LogP contribution in [0.25, 0.3) is 0 Å². The molecule has 0 atom stereocenters. The summed E-state index contributed by atoms with van der Waals surface area (Å²) < 4.78 is 0. The highest BCUT2D eigenvalue weighted by Gasteiger charge is 2.09. The van der Waals surface area contributed by atoms with Crippen molar-refractivity contribution in [1.29, 1.82) is 0 Å². The van der Waals surface area contributed by atoms with E-state index >= 15 is 0 Å². The number of carbonyl (C=O) groups is 2. The van der Waals surface area contributed by atoms with Crippen LogP contribution in [0.2, 0.25) is 0 Å². The lowest BCUT2D eigenvalue weighted by atomic mass is 10.1. The Kier molecular flexibility index (Phi) is 5.07. The van der Waals surface area contributed by atoms with Crippen LogP contribution >= 0.6 is 0 Å². The van der Waals surface area contributed by atoms with Crippen molar-refractivity contribution >= 4 is 11.8 Å². The lowest BCUT2D eigenvalue weighted by Crippen LogP contribution is -2.11. The summed E-state index contributed by atoms with van der Waals surface area (Å²) in [6, 6.07) is 0. The van der Waals surface area contributed by atoms with Gasteiger partial charge in [0.25, 0.3) is 0 Å². The van der Waals surface area contributed by atoms with E-state index in [0.29, 0.717) is 6.42 Å². The Morgan fingerprint density at radius 1 is 1.36 bits per heavy atom. The molecule has 3 nitrogen and oxygen atoms in total. The smallest absolute Gasteiger partial charge is 0.372 e. The molecule has 0 amide bonds. The van der Waals surface area contributed by atoms with Crippen LogP contribution in [0.5, 0.6) is 0 Å². The molecular formula is C8H12O3. The lowest BCUT2D eigenvalue weighted by molar-refractivity contribution is -0.149. The minimum Gasteiger partial charge on any atom is -0.476 e. The Morgan fingerprint density at radius 2 is 2.00 bits per heavy atom. The monoisotopic (exact) mass is 156 g/mol. The SMILES string of the molecule is C=CCCCCC(=O)C(=O)O. The van der Waals surface area contributed by atoms with Crippen molar-refractivity contribution < 1.29 is 14.7 Å². The molecule has 0 fully saturated rings. The molecule has 62 valence electrons. The fraction of sp³-hybridized carbons (Fsp3) is 0.500. The quantitative estimate of drug-likeness (QED) is 0.359. The van der Waals surface area contributed by atoms with Crippen LogP contribution in [0.4, 0.5) is 0 Å². The largest absolute Gasteiger partial charge is 0.476 e. The van der Waals surface area contributed by atoms with Crippen molar-refractivity contribution in [3.63, 3.8) is 0 Å². The third kappa shape index (κ3) is 5.33. The second-order valence-electron chi connectivity index (χ2n) is 2.26. The number of carboxylic acid groups (broad SMARTS) is 1. The molecule has 0 saturated carbocycles. The van der Waals surface area contributed by atoms with Gasteiger partial charge in [0.15, 0.2) is 0 Å². The number of aliphatic carboxylic acids is 1. The predicted octanol–water partition coefficient (Wildman–Crippen LogP) is 1.39. The van der Waals surface area contributed by atoms with Crippen molar-refractivity contribution in [3.05, 3.63) is 12.7 Å². The van der Waals surface area contributed by atoms with Gasteiger partial charge >= 0.3 is 5.97 Å². The molecule has 3 heteroatoms. The molecule has 0 spiro atoms. The normalized spacial score (nSPS) is 9.09. The maximum absolute atomic E-state index is 10.5. The summed E-state index contributed by atoms with van der Waals surface area (Å²) in [7, 11) is 0. The van der Waals surface area contributed by atoms with Crippen molar-refractivity contribution in [2.75, 3.05) is 0 Å². The zero-order valence-corrected chi connectivity index (χ0v) is 6.38. The van der Waals surface area contributed by atoms with Gasteiger partial charge in [-0.1, -0.05) is 6.08 Å². The highest BCUT2D eigenvalue weighted by Crippen LogP contribution is 2.00. The van der Waals surface area contributed by atoms with Gasteiger partial charge in [0.05, 0.1) is 0 Å². The lowest BCUT2D eigenvalue weighted by Gasteiger charge is -1.93. The van der Waals surface area contributed by atoms with Gasteiger partial charge in [-0.3, -0.25) is 4.79 Å². The zero-order valence-electron chi connectivity index (χ0n) is 6.38. The highest BCUT2D eigenvalue weighted by molar-refractivity contribution is 6.32. The zero-order chi connectivity index (χ0) is 8.69. The van der Waals surface area contributed by atoms with Gasteiger partial charge in [-0.05, 0) is 19.3 Å². The van der Waals surface area contributed by atoms with Crippen LogP contribution in [0, 0.1) is 0 Å². The fourth-order valence-electron chi connectivity index (χ4n) is 0.681. The number of rotatable bonds is 6. The van der Waals surface area contributed by atoms with Gasteiger partial charge in [0.2, 0.25) is 5.78 Å². The van der Waals surface area contributed by atoms with Crippen molar-refractivity contribution in [3.8, 4) is 0 Å². The van der Waals surface area contributed by atoms with Crippen molar-refractivity contribution in [2.45, 2.75) is 25.7 Å². The molecule has 0 heterocycles. The van der Waals surface area contributed by atoms with E-state index in [0.717, 1.165) is 12.8 Å². The summed E-state index contributed by atoms with van der Waals surface area (Å²) in [5.41, 5.74) is 0. The standard InChI is InChI=1S/C8H12O3/c1-2-3-4-5-6-7(9)8(10)11/h2H,1,3-6H2,(H,10,11). The molecule has 0 aromatic carbocycles. The average molecular weight is 156 g/mol. The van der Waals surface area contributed by atoms with E-state index in [9.17, 15) is 9.59 Å². The minimum atomic E-state index is -1.33. The third-order valence-electron chi connectivity index (χ3n) is 1.30. The summed E-state index contributed by atoms with van der Waals surface area (Å²) >= 11 is 0. The molecule has 11 heavy (non-hydrogen) atoms. The molecule has 0 aromatic rings. The number of unbranched alkanes of at least 4 members (excludes halogenated alkanes) is 2. The summed E-state index contributed by atoms with van der Waals surface area (Å²) in [4.78, 5) is 20.5. The second-order valence-corrected chi connectivity index (χ2v) is 2.26. The van der Waals surface area contributed by atoms with Crippen molar-refractivity contribution in [1.82, 2.24) is 0 Å². The Bertz CT molecular complexity index is 161. The third-order valence-corrected chi connectivity index (χ3v) is 1.30. The first-order valence-corrected chi connectivity index (χ1v) is 3.55. The van der Waals surface area contributed by atoms with Gasteiger partial charge in [0, 0.05) is 6.42 Å². The van der Waals surface area contributed by atoms with Crippen LogP contribution in [0.15, 0.2) is 12.7 Å². The first-order valence-electron chi connectivity index (χ1n) is 3.55. The average Bonchev–Trinajstić information content (AvgIpc) is 1.97. The van der Waals surface area contributed by atoms with E-state index in [-0.39, 0.29) is 6.42 Å². The van der Waals surface area contributed by atoms with E-state index in [1.807, 2.05) is 0 Å². The molecule has 0 saturated heterocycles. The topological polar surface area (TPSA) is 54.4 Å². The Hall–Kier alpha value is -1.12. The van der Waals surface area contributed by atoms with E-state index in [4.69, 9.17) is 5.11 Å².